The van der Waals surface area contributed by atoms with Crippen molar-refractivity contribution in [1.82, 2.24) is 0 Å². The fourth-order valence-electron chi connectivity index (χ4n) is 12.0. The molecule has 0 saturated carbocycles. The normalized spacial score (nSPS) is 13.2. The predicted molar refractivity (Wildman–Crippen MR) is 267 cm³/mol. The average Bonchev–Trinajstić information content (AvgIpc) is 3.84. The minimum atomic E-state index is -0.500. The highest BCUT2D eigenvalue weighted by Gasteiger charge is 2.53. The first-order chi connectivity index (χ1) is 31.3. The van der Waals surface area contributed by atoms with Crippen molar-refractivity contribution in [2.75, 3.05) is 0 Å². The van der Waals surface area contributed by atoms with Crippen LogP contribution in [0.1, 0.15) is 22.3 Å². The van der Waals surface area contributed by atoms with Gasteiger partial charge >= 0.3 is 0 Å². The van der Waals surface area contributed by atoms with Crippen LogP contribution in [0.2, 0.25) is 0 Å². The zero-order valence-electron chi connectivity index (χ0n) is 34.4. The average molecular weight is 795 g/mol. The molecular formula is C63H38. The molecule has 12 aromatic carbocycles. The number of hydrogen-bond acceptors (Lipinski definition) is 0. The molecule has 290 valence electrons. The van der Waals surface area contributed by atoms with E-state index in [0.717, 1.165) is 0 Å². The molecule has 0 atom stereocenters. The summed E-state index contributed by atoms with van der Waals surface area (Å²) in [6.45, 7) is 0. The second-order valence-corrected chi connectivity index (χ2v) is 17.4. The summed E-state index contributed by atoms with van der Waals surface area (Å²) < 4.78 is 0. The minimum Gasteiger partial charge on any atom is -0.0622 e. The molecule has 0 saturated heterocycles. The van der Waals surface area contributed by atoms with Crippen molar-refractivity contribution < 1.29 is 0 Å². The van der Waals surface area contributed by atoms with Gasteiger partial charge in [-0.2, -0.15) is 0 Å². The lowest BCUT2D eigenvalue weighted by molar-refractivity contribution is 0.809. The van der Waals surface area contributed by atoms with E-state index in [1.165, 1.54) is 132 Å². The SMILES string of the molecule is c1ccc(-c2ccc(-c3c4ccccc4c(-c4ccc5c6c(ccc5c4)-c4c(c5ccccc5c5ccccc45)C64c5ccccc5-c5ccccc54)c4ccccc34)cc2)cc1. The van der Waals surface area contributed by atoms with E-state index in [4.69, 9.17) is 0 Å². The topological polar surface area (TPSA) is 0 Å². The third-order valence-corrected chi connectivity index (χ3v) is 14.4. The first kappa shape index (κ1) is 34.6. The van der Waals surface area contributed by atoms with E-state index in [1.54, 1.807) is 0 Å². The van der Waals surface area contributed by atoms with E-state index < -0.39 is 5.41 Å². The van der Waals surface area contributed by atoms with Crippen molar-refractivity contribution in [2.24, 2.45) is 0 Å². The zero-order chi connectivity index (χ0) is 41.2. The quantitative estimate of drug-likeness (QED) is 0.123. The summed E-state index contributed by atoms with van der Waals surface area (Å²) in [5.41, 5.74) is 17.8. The van der Waals surface area contributed by atoms with Gasteiger partial charge in [0.25, 0.3) is 0 Å². The molecule has 0 aliphatic heterocycles. The lowest BCUT2D eigenvalue weighted by atomic mass is 9.68. The first-order valence-corrected chi connectivity index (χ1v) is 22.1. The van der Waals surface area contributed by atoms with Gasteiger partial charge in [0.15, 0.2) is 0 Å². The molecule has 0 heteroatoms. The molecule has 0 nitrogen and oxygen atoms in total. The van der Waals surface area contributed by atoms with E-state index in [-0.39, 0.29) is 0 Å². The Morgan fingerprint density at radius 1 is 0.222 bits per heavy atom. The Kier molecular flexibility index (Phi) is 7.13. The second kappa shape index (κ2) is 13.0. The predicted octanol–water partition coefficient (Wildman–Crippen LogP) is 16.8. The van der Waals surface area contributed by atoms with E-state index in [2.05, 4.69) is 231 Å². The van der Waals surface area contributed by atoms with Crippen molar-refractivity contribution in [3.8, 4) is 55.6 Å². The Bertz CT molecular complexity index is 3790. The largest absolute Gasteiger partial charge is 0.0737 e. The summed E-state index contributed by atoms with van der Waals surface area (Å²) in [4.78, 5) is 0. The molecule has 2 aliphatic rings. The highest BCUT2D eigenvalue weighted by Crippen LogP contribution is 2.66. The van der Waals surface area contributed by atoms with Crippen LogP contribution in [-0.4, -0.2) is 0 Å². The summed E-state index contributed by atoms with van der Waals surface area (Å²) in [5.74, 6) is 0. The Morgan fingerprint density at radius 2 is 0.651 bits per heavy atom. The van der Waals surface area contributed by atoms with Crippen molar-refractivity contribution in [2.45, 2.75) is 5.41 Å². The third kappa shape index (κ3) is 4.60. The van der Waals surface area contributed by atoms with E-state index in [1.807, 2.05) is 0 Å². The van der Waals surface area contributed by atoms with Crippen molar-refractivity contribution in [3.05, 3.63) is 253 Å². The second-order valence-electron chi connectivity index (χ2n) is 17.4. The molecule has 63 heavy (non-hydrogen) atoms. The smallest absolute Gasteiger partial charge is 0.0622 e. The standard InChI is InChI=1S/C63H38/c1-2-16-39(17-3-1)40-30-32-41(33-31-40)58-50-23-7-9-25-52(50)59(53-26-10-8-24-51(53)58)43-35-36-44-42(38-43)34-37-55-60-49-22-6-4-18-45(49)46-19-5-11-27-54(46)62(60)63(61(44)55)56-28-14-12-20-47(56)48-21-13-15-29-57(48)63/h1-38H. The van der Waals surface area contributed by atoms with E-state index >= 15 is 0 Å². The Morgan fingerprint density at radius 3 is 1.25 bits per heavy atom. The summed E-state index contributed by atoms with van der Waals surface area (Å²) in [6.07, 6.45) is 0. The summed E-state index contributed by atoms with van der Waals surface area (Å²) in [6, 6.07) is 86.5. The van der Waals surface area contributed by atoms with Gasteiger partial charge < -0.3 is 0 Å². The van der Waals surface area contributed by atoms with Crippen molar-refractivity contribution in [1.29, 1.82) is 0 Å². The minimum absolute atomic E-state index is 0.500. The van der Waals surface area contributed by atoms with Gasteiger partial charge in [0.05, 0.1) is 5.41 Å². The van der Waals surface area contributed by atoms with Gasteiger partial charge in [0.2, 0.25) is 0 Å². The first-order valence-electron chi connectivity index (χ1n) is 22.1. The molecule has 0 bridgehead atoms. The molecule has 14 rings (SSSR count). The zero-order valence-corrected chi connectivity index (χ0v) is 34.4. The van der Waals surface area contributed by atoms with Crippen LogP contribution in [0.4, 0.5) is 0 Å². The van der Waals surface area contributed by atoms with Crippen LogP contribution in [0.3, 0.4) is 0 Å². The molecule has 0 radical (unpaired) electrons. The molecule has 2 aliphatic carbocycles. The summed E-state index contributed by atoms with van der Waals surface area (Å²) >= 11 is 0. The monoisotopic (exact) mass is 794 g/mol. The van der Waals surface area contributed by atoms with Crippen LogP contribution in [0.5, 0.6) is 0 Å². The van der Waals surface area contributed by atoms with E-state index in [9.17, 15) is 0 Å². The van der Waals surface area contributed by atoms with Crippen LogP contribution in [-0.2, 0) is 5.41 Å². The number of hydrogen-bond donors (Lipinski definition) is 0. The van der Waals surface area contributed by atoms with Crippen LogP contribution >= 0.6 is 0 Å². The van der Waals surface area contributed by atoms with Gasteiger partial charge in [-0.3, -0.25) is 0 Å². The van der Waals surface area contributed by atoms with Crippen LogP contribution < -0.4 is 0 Å². The number of fused-ring (bicyclic) bond motifs is 19. The Hall–Kier alpha value is -8.06. The lowest BCUT2D eigenvalue weighted by Crippen LogP contribution is -2.26. The summed E-state index contributed by atoms with van der Waals surface area (Å²) in [5, 5.41) is 12.9. The number of rotatable bonds is 3. The fourth-order valence-corrected chi connectivity index (χ4v) is 12.0. The molecule has 0 aromatic heterocycles. The third-order valence-electron chi connectivity index (χ3n) is 14.4. The highest BCUT2D eigenvalue weighted by atomic mass is 14.5. The van der Waals surface area contributed by atoms with Gasteiger partial charge in [-0.15, -0.1) is 0 Å². The lowest BCUT2D eigenvalue weighted by Gasteiger charge is -2.32. The molecule has 0 fully saturated rings. The maximum atomic E-state index is 2.47. The van der Waals surface area contributed by atoms with E-state index in [0.29, 0.717) is 0 Å². The van der Waals surface area contributed by atoms with Gasteiger partial charge in [0, 0.05) is 0 Å². The molecule has 0 heterocycles. The van der Waals surface area contributed by atoms with Gasteiger partial charge in [-0.25, -0.2) is 0 Å². The maximum Gasteiger partial charge on any atom is 0.0737 e. The number of benzene rings is 12. The van der Waals surface area contributed by atoms with Crippen LogP contribution in [0.25, 0.3) is 109 Å². The summed E-state index contributed by atoms with van der Waals surface area (Å²) in [7, 11) is 0. The fraction of sp³-hybridized carbons (Fsp3) is 0.0159. The van der Waals surface area contributed by atoms with Crippen LogP contribution in [0, 0.1) is 0 Å². The van der Waals surface area contributed by atoms with Crippen molar-refractivity contribution in [3.63, 3.8) is 0 Å². The Balaban J connectivity index is 1.05. The van der Waals surface area contributed by atoms with Crippen molar-refractivity contribution >= 4 is 53.9 Å². The molecule has 0 unspecified atom stereocenters. The maximum absolute atomic E-state index is 2.47. The molecule has 12 aromatic rings. The van der Waals surface area contributed by atoms with Gasteiger partial charge in [-0.1, -0.05) is 224 Å². The van der Waals surface area contributed by atoms with Gasteiger partial charge in [0.1, 0.15) is 0 Å². The molecule has 0 amide bonds. The molecule has 0 N–H and O–H groups in total. The van der Waals surface area contributed by atoms with Crippen LogP contribution in [0.15, 0.2) is 231 Å². The van der Waals surface area contributed by atoms with Gasteiger partial charge in [-0.05, 0) is 138 Å². The molecule has 1 spiro atoms. The highest BCUT2D eigenvalue weighted by molar-refractivity contribution is 6.24. The Labute approximate surface area is 366 Å². The molecular weight excluding hydrogens is 757 g/mol.